The number of aromatic hydroxyl groups is 1. The zero-order valence-electron chi connectivity index (χ0n) is 32.2. The van der Waals surface area contributed by atoms with E-state index in [1.54, 1.807) is 44.3 Å². The molecule has 4 heterocycles. The number of amides is 2. The largest absolute Gasteiger partial charge is 0.502 e. The monoisotopic (exact) mass is 816 g/mol. The summed E-state index contributed by atoms with van der Waals surface area (Å²) in [5.41, 5.74) is -1.12. The number of hydrogen-bond donors (Lipinski definition) is 1. The Morgan fingerprint density at radius 3 is 2.21 bits per heavy atom. The molecule has 0 spiro atoms. The average molecular weight is 817 g/mol. The van der Waals surface area contributed by atoms with Crippen molar-refractivity contribution in [1.29, 1.82) is 0 Å². The molecule has 58 heavy (non-hydrogen) atoms. The lowest BCUT2D eigenvalue weighted by atomic mass is 9.56. The number of carbonyl (C=O) groups excluding carboxylic acids is 2. The van der Waals surface area contributed by atoms with Gasteiger partial charge in [-0.2, -0.15) is 0 Å². The lowest BCUT2D eigenvalue weighted by Crippen LogP contribution is -2.49. The van der Waals surface area contributed by atoms with Gasteiger partial charge in [0.2, 0.25) is 17.6 Å². The number of benzene rings is 3. The van der Waals surface area contributed by atoms with E-state index in [1.165, 1.54) is 54.5 Å². The summed E-state index contributed by atoms with van der Waals surface area (Å²) in [5.74, 6) is -3.28. The SMILES string of the molecule is COc1cc2nc(CCn3c(=O)n4n(c3=O)[C@@H]3C[C@H]5C(=O)N(c6ccc(F)c(Cl)c6)C(=O)[C@@]5(C)[C@@H](c5cc(OC)c(O)c(OC)c5)C3=CC4)c(=O)n(C)c2cc1OC. The Balaban J connectivity index is 1.23. The molecule has 5 aromatic rings. The third-order valence-corrected chi connectivity index (χ3v) is 12.1. The van der Waals surface area contributed by atoms with Crippen LogP contribution in [0.4, 0.5) is 10.1 Å². The number of nitrogens with zero attached hydrogens (tertiary/aromatic N) is 6. The molecule has 1 N–H and O–H groups in total. The number of carbonyl (C=O) groups is 2. The van der Waals surface area contributed by atoms with Crippen LogP contribution >= 0.6 is 11.6 Å². The summed E-state index contributed by atoms with van der Waals surface area (Å²) < 4.78 is 41.0. The summed E-state index contributed by atoms with van der Waals surface area (Å²) in [6.45, 7) is 1.41. The average Bonchev–Trinajstić information content (AvgIpc) is 3.58. The van der Waals surface area contributed by atoms with Crippen LogP contribution in [0.1, 0.15) is 36.6 Å². The molecule has 302 valence electrons. The number of anilines is 1. The number of imide groups is 1. The van der Waals surface area contributed by atoms with E-state index in [1.807, 2.05) is 0 Å². The molecule has 2 aromatic heterocycles. The molecule has 0 unspecified atom stereocenters. The number of halogens is 2. The van der Waals surface area contributed by atoms with Gasteiger partial charge in [0.25, 0.3) is 5.56 Å². The van der Waals surface area contributed by atoms with E-state index in [4.69, 9.17) is 30.5 Å². The Hall–Kier alpha value is -6.36. The highest BCUT2D eigenvalue weighted by atomic mass is 35.5. The van der Waals surface area contributed by atoms with Crippen LogP contribution in [0.2, 0.25) is 5.02 Å². The Labute approximate surface area is 333 Å². The first kappa shape index (κ1) is 38.5. The Morgan fingerprint density at radius 1 is 0.914 bits per heavy atom. The summed E-state index contributed by atoms with van der Waals surface area (Å²) in [7, 11) is 7.25. The molecule has 1 saturated heterocycles. The van der Waals surface area contributed by atoms with Gasteiger partial charge in [-0.25, -0.2) is 37.8 Å². The Kier molecular flexibility index (Phi) is 9.25. The van der Waals surface area contributed by atoms with E-state index in [0.29, 0.717) is 33.7 Å². The first-order valence-electron chi connectivity index (χ1n) is 18.2. The van der Waals surface area contributed by atoms with Crippen LogP contribution in [0.5, 0.6) is 28.7 Å². The predicted molar refractivity (Wildman–Crippen MR) is 208 cm³/mol. The first-order valence-corrected chi connectivity index (χ1v) is 18.6. The molecule has 18 heteroatoms. The van der Waals surface area contributed by atoms with Gasteiger partial charge in [0.05, 0.1) is 74.1 Å². The quantitative estimate of drug-likeness (QED) is 0.170. The highest BCUT2D eigenvalue weighted by Gasteiger charge is 2.65. The molecule has 0 radical (unpaired) electrons. The van der Waals surface area contributed by atoms with Gasteiger partial charge in [0.15, 0.2) is 23.0 Å². The number of allylic oxidation sites excluding steroid dienone is 2. The van der Waals surface area contributed by atoms with Gasteiger partial charge in [0.1, 0.15) is 11.5 Å². The summed E-state index contributed by atoms with van der Waals surface area (Å²) in [6, 6.07) is 9.02. The second-order valence-corrected chi connectivity index (χ2v) is 15.0. The Bertz CT molecular complexity index is 2780. The van der Waals surface area contributed by atoms with Crippen LogP contribution in [-0.4, -0.2) is 68.8 Å². The number of aryl methyl sites for hydroxylation is 2. The van der Waals surface area contributed by atoms with Crippen LogP contribution in [0.15, 0.2) is 68.5 Å². The number of ether oxygens (including phenoxy) is 4. The van der Waals surface area contributed by atoms with Gasteiger partial charge in [-0.05, 0) is 54.8 Å². The van der Waals surface area contributed by atoms with Crippen LogP contribution in [0.3, 0.4) is 0 Å². The van der Waals surface area contributed by atoms with Crippen molar-refractivity contribution in [3.8, 4) is 28.7 Å². The van der Waals surface area contributed by atoms with Crippen LogP contribution in [0, 0.1) is 17.2 Å². The maximum Gasteiger partial charge on any atom is 0.347 e. The lowest BCUT2D eigenvalue weighted by molar-refractivity contribution is -0.129. The van der Waals surface area contributed by atoms with Gasteiger partial charge >= 0.3 is 11.4 Å². The molecule has 1 aliphatic carbocycles. The minimum Gasteiger partial charge on any atom is -0.502 e. The first-order chi connectivity index (χ1) is 27.7. The van der Waals surface area contributed by atoms with Crippen molar-refractivity contribution in [2.75, 3.05) is 33.3 Å². The maximum absolute atomic E-state index is 14.7. The third kappa shape index (κ3) is 5.46. The molecule has 2 fully saturated rings. The van der Waals surface area contributed by atoms with Gasteiger partial charge in [-0.15, -0.1) is 0 Å². The zero-order valence-corrected chi connectivity index (χ0v) is 33.0. The van der Waals surface area contributed by atoms with E-state index >= 15 is 0 Å². The topological polar surface area (TPSA) is 178 Å². The molecule has 2 amide bonds. The maximum atomic E-state index is 14.7. The minimum absolute atomic E-state index is 0.0400. The van der Waals surface area contributed by atoms with Crippen molar-refractivity contribution in [1.82, 2.24) is 23.5 Å². The van der Waals surface area contributed by atoms with E-state index in [-0.39, 0.29) is 59.6 Å². The normalized spacial score (nSPS) is 21.1. The van der Waals surface area contributed by atoms with Crippen molar-refractivity contribution in [3.05, 3.63) is 108 Å². The van der Waals surface area contributed by atoms with Gasteiger partial charge < -0.3 is 28.6 Å². The fraction of sp³-hybridized carbons (Fsp3) is 0.350. The number of fused-ring (bicyclic) bond motifs is 5. The second-order valence-electron chi connectivity index (χ2n) is 14.6. The summed E-state index contributed by atoms with van der Waals surface area (Å²) >= 11 is 6.11. The second kappa shape index (κ2) is 13.9. The van der Waals surface area contributed by atoms with Gasteiger partial charge in [-0.1, -0.05) is 17.7 Å². The van der Waals surface area contributed by atoms with Crippen LogP contribution < -0.4 is 40.8 Å². The van der Waals surface area contributed by atoms with E-state index in [2.05, 4.69) is 4.98 Å². The molecular formula is C40H38ClFN6O10. The molecule has 16 nitrogen and oxygen atoms in total. The number of phenolic OH excluding ortho intramolecular Hbond substituents is 1. The third-order valence-electron chi connectivity index (χ3n) is 11.8. The number of phenols is 1. The fourth-order valence-corrected chi connectivity index (χ4v) is 9.11. The number of methoxy groups -OCH3 is 4. The number of aromatic nitrogens is 5. The molecule has 8 rings (SSSR count). The van der Waals surface area contributed by atoms with Crippen molar-refractivity contribution >= 4 is 40.1 Å². The standard InChI is InChI=1S/C40H38ClFN6O10/c1-40-22(35(50)47(37(40)52)20-7-8-24(42)23(41)15-20)16-27-21(33(40)19-13-31(57-5)34(49)32(14-19)58-6)9-12-46-38(53)45(39(54)48(27)46)11-10-25-36(51)44(2)28-18-30(56-4)29(55-3)17-26(28)43-25/h7-9,13-15,17-18,22,27,33,49H,10-12,16H2,1-6H3/t22-,27+,33-,40+/m0/s1. The molecule has 1 saturated carbocycles. The van der Waals surface area contributed by atoms with Crippen molar-refractivity contribution in [2.24, 2.45) is 18.4 Å². The summed E-state index contributed by atoms with van der Waals surface area (Å²) in [6.07, 6.45) is 1.65. The van der Waals surface area contributed by atoms with Crippen molar-refractivity contribution in [2.45, 2.75) is 44.8 Å². The smallest absolute Gasteiger partial charge is 0.347 e. The lowest BCUT2D eigenvalue weighted by Gasteiger charge is -2.47. The van der Waals surface area contributed by atoms with Crippen molar-refractivity contribution < 1.29 is 38.0 Å². The minimum atomic E-state index is -1.49. The number of rotatable bonds is 9. The molecule has 3 aromatic carbocycles. The van der Waals surface area contributed by atoms with E-state index in [9.17, 15) is 33.5 Å². The van der Waals surface area contributed by atoms with Crippen LogP contribution in [-0.2, 0) is 36.1 Å². The van der Waals surface area contributed by atoms with Gasteiger partial charge in [0, 0.05) is 38.1 Å². The van der Waals surface area contributed by atoms with Crippen molar-refractivity contribution in [3.63, 3.8) is 0 Å². The molecule has 3 aliphatic rings. The highest BCUT2D eigenvalue weighted by Crippen LogP contribution is 2.62. The fourth-order valence-electron chi connectivity index (χ4n) is 8.94. The molecule has 2 aliphatic heterocycles. The van der Waals surface area contributed by atoms with E-state index < -0.39 is 57.9 Å². The predicted octanol–water partition coefficient (Wildman–Crippen LogP) is 3.70. The molecule has 4 atom stereocenters. The zero-order chi connectivity index (χ0) is 41.5. The summed E-state index contributed by atoms with van der Waals surface area (Å²) in [5, 5.41) is 10.5. The summed E-state index contributed by atoms with van der Waals surface area (Å²) in [4.78, 5) is 76.7. The van der Waals surface area contributed by atoms with Crippen LogP contribution in [0.25, 0.3) is 11.0 Å². The van der Waals surface area contributed by atoms with E-state index in [0.717, 1.165) is 15.5 Å². The van der Waals surface area contributed by atoms with Gasteiger partial charge in [-0.3, -0.25) is 14.4 Å². The highest BCUT2D eigenvalue weighted by molar-refractivity contribution is 6.31. The Morgan fingerprint density at radius 2 is 1.57 bits per heavy atom. The molecule has 0 bridgehead atoms. The number of hydrogen-bond acceptors (Lipinski definition) is 11. The molecular weight excluding hydrogens is 779 g/mol.